The van der Waals surface area contributed by atoms with Gasteiger partial charge in [-0.25, -0.2) is 0 Å². The number of likely N-dealkylation sites (tertiary alicyclic amines) is 1. The van der Waals surface area contributed by atoms with Crippen molar-refractivity contribution in [2.75, 3.05) is 13.1 Å². The minimum Gasteiger partial charge on any atom is -0.343 e. The van der Waals surface area contributed by atoms with Gasteiger partial charge in [0.05, 0.1) is 0 Å². The largest absolute Gasteiger partial charge is 0.343 e. The number of nitrogens with one attached hydrogen (secondary N) is 1. The highest BCUT2D eigenvalue weighted by Gasteiger charge is 2.38. The fourth-order valence-corrected chi connectivity index (χ4v) is 5.59. The van der Waals surface area contributed by atoms with Crippen LogP contribution in [0.1, 0.15) is 94.0 Å². The van der Waals surface area contributed by atoms with E-state index in [1.165, 1.54) is 24.5 Å². The summed E-state index contributed by atoms with van der Waals surface area (Å²) >= 11 is 0. The van der Waals surface area contributed by atoms with Crippen LogP contribution in [-0.2, 0) is 28.0 Å². The molecule has 1 aliphatic heterocycles. The monoisotopic (exact) mass is 480 g/mol. The number of carbonyl (C=O) groups excluding carboxylic acids is 2. The molecule has 1 saturated heterocycles. The third-order valence-electron chi connectivity index (χ3n) is 7.75. The second-order valence-corrected chi connectivity index (χ2v) is 10.5. The van der Waals surface area contributed by atoms with E-state index in [-0.39, 0.29) is 11.8 Å². The highest BCUT2D eigenvalue weighted by Crippen LogP contribution is 2.34. The van der Waals surface area contributed by atoms with Gasteiger partial charge in [-0.1, -0.05) is 60.7 Å². The van der Waals surface area contributed by atoms with Gasteiger partial charge in [0.25, 0.3) is 0 Å². The highest BCUT2D eigenvalue weighted by molar-refractivity contribution is 5.76. The Morgan fingerprint density at radius 3 is 2.40 bits per heavy atom. The quantitative estimate of drug-likeness (QED) is 0.545. The first-order valence-corrected chi connectivity index (χ1v) is 13.4. The third kappa shape index (κ3) is 6.92. The van der Waals surface area contributed by atoms with Crippen molar-refractivity contribution in [3.8, 4) is 0 Å². The van der Waals surface area contributed by atoms with Gasteiger partial charge in [0, 0.05) is 32.9 Å². The first-order chi connectivity index (χ1) is 16.9. The van der Waals surface area contributed by atoms with Crippen molar-refractivity contribution >= 4 is 11.8 Å². The van der Waals surface area contributed by atoms with Crippen molar-refractivity contribution < 1.29 is 14.1 Å². The summed E-state index contributed by atoms with van der Waals surface area (Å²) in [5.41, 5.74) is 2.15. The second-order valence-electron chi connectivity index (χ2n) is 10.5. The molecule has 2 fully saturated rings. The number of hydrogen-bond acceptors (Lipinski definition) is 5. The van der Waals surface area contributed by atoms with E-state index in [0.29, 0.717) is 30.5 Å². The molecular formula is C28H40N4O3. The highest BCUT2D eigenvalue weighted by atomic mass is 16.5. The summed E-state index contributed by atoms with van der Waals surface area (Å²) in [5, 5.41) is 7.34. The number of carbonyl (C=O) groups is 2. The molecule has 1 aromatic heterocycles. The molecule has 35 heavy (non-hydrogen) atoms. The van der Waals surface area contributed by atoms with Crippen LogP contribution in [-0.4, -0.2) is 39.9 Å². The molecule has 1 aromatic carbocycles. The number of piperidine rings is 1. The topological polar surface area (TPSA) is 88.3 Å². The van der Waals surface area contributed by atoms with Crippen molar-refractivity contribution in [2.45, 2.75) is 96.4 Å². The maximum Gasteiger partial charge on any atom is 0.227 e. The average Bonchev–Trinajstić information content (AvgIpc) is 3.22. The van der Waals surface area contributed by atoms with Gasteiger partial charge in [0.1, 0.15) is 5.54 Å². The van der Waals surface area contributed by atoms with Gasteiger partial charge in [0.15, 0.2) is 5.82 Å². The molecule has 1 N–H and O–H groups in total. The van der Waals surface area contributed by atoms with Crippen LogP contribution in [0.25, 0.3) is 0 Å². The number of rotatable bonds is 8. The minimum absolute atomic E-state index is 0.0734. The molecule has 2 heterocycles. The molecule has 0 unspecified atom stereocenters. The van der Waals surface area contributed by atoms with Crippen LogP contribution in [0.5, 0.6) is 0 Å². The van der Waals surface area contributed by atoms with Gasteiger partial charge < -0.3 is 14.7 Å². The van der Waals surface area contributed by atoms with E-state index in [1.54, 1.807) is 0 Å². The summed E-state index contributed by atoms with van der Waals surface area (Å²) in [5.74, 6) is 1.81. The Balaban J connectivity index is 1.24. The van der Waals surface area contributed by atoms with Crippen LogP contribution in [0.4, 0.5) is 0 Å². The van der Waals surface area contributed by atoms with Crippen LogP contribution in [0, 0.1) is 12.8 Å². The molecular weight excluding hydrogens is 440 g/mol. The normalized spacial score (nSPS) is 18.7. The van der Waals surface area contributed by atoms with E-state index in [0.717, 1.165) is 70.9 Å². The van der Waals surface area contributed by atoms with Crippen molar-refractivity contribution in [2.24, 2.45) is 5.92 Å². The maximum atomic E-state index is 12.8. The van der Waals surface area contributed by atoms with Crippen LogP contribution in [0.15, 0.2) is 28.8 Å². The van der Waals surface area contributed by atoms with Crippen LogP contribution >= 0.6 is 0 Å². The molecule has 1 aliphatic carbocycles. The summed E-state index contributed by atoms with van der Waals surface area (Å²) in [6.45, 7) is 5.32. The average molecular weight is 481 g/mol. The molecule has 0 bridgehead atoms. The lowest BCUT2D eigenvalue weighted by Gasteiger charge is -2.32. The third-order valence-corrected chi connectivity index (χ3v) is 7.75. The zero-order chi connectivity index (χ0) is 24.7. The standard InChI is InChI=1S/C28H40N4O3/c1-21-7-9-23(10-8-21)11-12-24-15-19-32(20-16-24)26(34)14-13-25-29-27(31-35-25)28(30-22(2)33)17-5-3-4-6-18-28/h7-10,24H,3-6,11-20H2,1-2H3,(H,30,33). The number of amides is 2. The molecule has 2 aromatic rings. The Labute approximate surface area is 209 Å². The number of benzene rings is 1. The van der Waals surface area contributed by atoms with E-state index >= 15 is 0 Å². The molecule has 0 spiro atoms. The Bertz CT molecular complexity index is 968. The summed E-state index contributed by atoms with van der Waals surface area (Å²) < 4.78 is 5.52. The zero-order valence-corrected chi connectivity index (χ0v) is 21.4. The number of aryl methyl sites for hydroxylation is 3. The number of nitrogens with zero attached hydrogens (tertiary/aromatic N) is 3. The van der Waals surface area contributed by atoms with Crippen LogP contribution in [0.3, 0.4) is 0 Å². The van der Waals surface area contributed by atoms with Crippen molar-refractivity contribution in [1.29, 1.82) is 0 Å². The molecule has 1 saturated carbocycles. The van der Waals surface area contributed by atoms with Gasteiger partial charge in [-0.2, -0.15) is 4.98 Å². The first kappa shape index (κ1) is 25.4. The SMILES string of the molecule is CC(=O)NC1(c2noc(CCC(=O)N3CCC(CCc4ccc(C)cc4)CC3)n2)CCCCCC1. The van der Waals surface area contributed by atoms with Gasteiger partial charge in [-0.05, 0) is 56.9 Å². The van der Waals surface area contributed by atoms with Gasteiger partial charge in [-0.3, -0.25) is 9.59 Å². The predicted molar refractivity (Wildman–Crippen MR) is 135 cm³/mol. The molecule has 7 nitrogen and oxygen atoms in total. The van der Waals surface area contributed by atoms with Crippen LogP contribution in [0.2, 0.25) is 0 Å². The molecule has 2 amide bonds. The molecule has 0 atom stereocenters. The maximum absolute atomic E-state index is 12.8. The molecule has 4 rings (SSSR count). The molecule has 7 heteroatoms. The Kier molecular flexibility index (Phi) is 8.58. The predicted octanol–water partition coefficient (Wildman–Crippen LogP) is 4.87. The number of aromatic nitrogens is 2. The van der Waals surface area contributed by atoms with Crippen molar-refractivity contribution in [3.05, 3.63) is 47.1 Å². The lowest BCUT2D eigenvalue weighted by Crippen LogP contribution is -2.45. The molecule has 0 radical (unpaired) electrons. The first-order valence-electron chi connectivity index (χ1n) is 13.4. The number of hydrogen-bond donors (Lipinski definition) is 1. The van der Waals surface area contributed by atoms with E-state index < -0.39 is 5.54 Å². The summed E-state index contributed by atoms with van der Waals surface area (Å²) in [6.07, 6.45) is 11.3. The molecule has 2 aliphatic rings. The van der Waals surface area contributed by atoms with E-state index in [2.05, 4.69) is 46.6 Å². The van der Waals surface area contributed by atoms with Crippen molar-refractivity contribution in [3.63, 3.8) is 0 Å². The lowest BCUT2D eigenvalue weighted by atomic mass is 9.89. The summed E-state index contributed by atoms with van der Waals surface area (Å²) in [6, 6.07) is 8.81. The van der Waals surface area contributed by atoms with Gasteiger partial charge >= 0.3 is 0 Å². The fourth-order valence-electron chi connectivity index (χ4n) is 5.59. The minimum atomic E-state index is -0.547. The van der Waals surface area contributed by atoms with Crippen molar-refractivity contribution in [1.82, 2.24) is 20.4 Å². The summed E-state index contributed by atoms with van der Waals surface area (Å²) in [7, 11) is 0. The smallest absolute Gasteiger partial charge is 0.227 e. The summed E-state index contributed by atoms with van der Waals surface area (Å²) in [4.78, 5) is 31.3. The zero-order valence-electron chi connectivity index (χ0n) is 21.4. The van der Waals surface area contributed by atoms with E-state index in [9.17, 15) is 9.59 Å². The Morgan fingerprint density at radius 2 is 1.74 bits per heavy atom. The Hall–Kier alpha value is -2.70. The molecule has 190 valence electrons. The lowest BCUT2D eigenvalue weighted by molar-refractivity contribution is -0.132. The van der Waals surface area contributed by atoms with Gasteiger partial charge in [-0.15, -0.1) is 0 Å². The second kappa shape index (κ2) is 11.8. The van der Waals surface area contributed by atoms with Gasteiger partial charge in [0.2, 0.25) is 17.7 Å². The van der Waals surface area contributed by atoms with E-state index in [4.69, 9.17) is 4.52 Å². The van der Waals surface area contributed by atoms with Crippen LogP contribution < -0.4 is 5.32 Å². The Morgan fingerprint density at radius 1 is 1.06 bits per heavy atom. The fraction of sp³-hybridized carbons (Fsp3) is 0.643. The van der Waals surface area contributed by atoms with E-state index in [1.807, 2.05) is 4.90 Å².